The molecule has 0 amide bonds. The Labute approximate surface area is 100 Å². The molecule has 2 aliphatic carbocycles. The van der Waals surface area contributed by atoms with Gasteiger partial charge in [0.2, 0.25) is 0 Å². The Morgan fingerprint density at radius 3 is 2.69 bits per heavy atom. The van der Waals surface area contributed by atoms with Crippen molar-refractivity contribution in [1.82, 2.24) is 0 Å². The van der Waals surface area contributed by atoms with Crippen molar-refractivity contribution in [1.29, 1.82) is 0 Å². The van der Waals surface area contributed by atoms with Crippen LogP contribution < -0.4 is 0 Å². The second kappa shape index (κ2) is 3.91. The van der Waals surface area contributed by atoms with Crippen LogP contribution in [0.15, 0.2) is 36.0 Å². The highest BCUT2D eigenvalue weighted by atomic mass is 14.5. The maximum atomic E-state index is 4.37. The van der Waals surface area contributed by atoms with Crippen molar-refractivity contribution >= 4 is 0 Å². The van der Waals surface area contributed by atoms with Crippen LogP contribution in [0, 0.1) is 17.3 Å². The highest BCUT2D eigenvalue weighted by molar-refractivity contribution is 5.30. The van der Waals surface area contributed by atoms with Gasteiger partial charge in [-0.1, -0.05) is 42.9 Å². The van der Waals surface area contributed by atoms with E-state index in [4.69, 9.17) is 0 Å². The molecule has 0 nitrogen and oxygen atoms in total. The third-order valence-corrected chi connectivity index (χ3v) is 5.11. The van der Waals surface area contributed by atoms with Crippen molar-refractivity contribution in [3.63, 3.8) is 0 Å². The number of hydrogen-bond acceptors (Lipinski definition) is 0. The molecular formula is C16H24. The fourth-order valence-corrected chi connectivity index (χ4v) is 3.55. The van der Waals surface area contributed by atoms with Gasteiger partial charge < -0.3 is 0 Å². The fraction of sp³-hybridized carbons (Fsp3) is 0.625. The Balaban J connectivity index is 2.26. The number of rotatable bonds is 1. The summed E-state index contributed by atoms with van der Waals surface area (Å²) in [5.74, 6) is 1.40. The Morgan fingerprint density at radius 1 is 1.50 bits per heavy atom. The van der Waals surface area contributed by atoms with Gasteiger partial charge in [0.15, 0.2) is 0 Å². The molecule has 0 aliphatic heterocycles. The van der Waals surface area contributed by atoms with E-state index in [1.807, 2.05) is 0 Å². The molecule has 0 aromatic heterocycles. The van der Waals surface area contributed by atoms with Crippen molar-refractivity contribution in [2.75, 3.05) is 0 Å². The molecule has 3 atom stereocenters. The van der Waals surface area contributed by atoms with Crippen molar-refractivity contribution < 1.29 is 0 Å². The van der Waals surface area contributed by atoms with E-state index in [1.165, 1.54) is 36.8 Å². The van der Waals surface area contributed by atoms with Gasteiger partial charge in [-0.05, 0) is 51.4 Å². The average molecular weight is 216 g/mol. The summed E-state index contributed by atoms with van der Waals surface area (Å²) in [6, 6.07) is 0. The molecule has 2 rings (SSSR count). The van der Waals surface area contributed by atoms with Gasteiger partial charge in [0, 0.05) is 5.41 Å². The third kappa shape index (κ3) is 1.59. The molecule has 0 unspecified atom stereocenters. The lowest BCUT2D eigenvalue weighted by molar-refractivity contribution is 0.188. The molecule has 0 N–H and O–H groups in total. The van der Waals surface area contributed by atoms with Gasteiger partial charge >= 0.3 is 0 Å². The van der Waals surface area contributed by atoms with Crippen molar-refractivity contribution in [2.45, 2.75) is 46.5 Å². The molecule has 0 aromatic carbocycles. The Hall–Kier alpha value is -0.780. The van der Waals surface area contributed by atoms with E-state index in [9.17, 15) is 0 Å². The molecule has 0 saturated heterocycles. The standard InChI is InChI=1S/C16H24/c1-11(2)15-7-6-13(4)16(10-15)9-8-12(3)14(16)5/h8,14-15H,1,4,6-7,9-10H2,2-3,5H3/t14-,15+,16+/m1/s1. The van der Waals surface area contributed by atoms with E-state index in [-0.39, 0.29) is 0 Å². The minimum Gasteiger partial charge on any atom is -0.0999 e. The summed E-state index contributed by atoms with van der Waals surface area (Å²) in [4.78, 5) is 0. The predicted molar refractivity (Wildman–Crippen MR) is 71.3 cm³/mol. The van der Waals surface area contributed by atoms with E-state index >= 15 is 0 Å². The monoisotopic (exact) mass is 216 g/mol. The van der Waals surface area contributed by atoms with Crippen LogP contribution in [-0.4, -0.2) is 0 Å². The number of allylic oxidation sites excluding steroid dienone is 4. The lowest BCUT2D eigenvalue weighted by atomic mass is 9.60. The zero-order valence-electron chi connectivity index (χ0n) is 11.0. The average Bonchev–Trinajstić information content (AvgIpc) is 2.52. The lowest BCUT2D eigenvalue weighted by Crippen LogP contribution is -2.34. The van der Waals surface area contributed by atoms with Gasteiger partial charge in [0.25, 0.3) is 0 Å². The lowest BCUT2D eigenvalue weighted by Gasteiger charge is -2.44. The molecule has 0 heterocycles. The first kappa shape index (κ1) is 11.7. The Bertz CT molecular complexity index is 358. The molecule has 1 saturated carbocycles. The minimum atomic E-state index is 0.367. The van der Waals surface area contributed by atoms with E-state index in [0.29, 0.717) is 17.3 Å². The smallest absolute Gasteiger partial charge is 0.00120 e. The van der Waals surface area contributed by atoms with Crippen LogP contribution >= 0.6 is 0 Å². The SMILES string of the molecule is C=C(C)[C@H]1CCC(=C)[C@]2(CC=C(C)[C@H]2C)C1. The summed E-state index contributed by atoms with van der Waals surface area (Å²) in [6.45, 7) is 15.4. The summed E-state index contributed by atoms with van der Waals surface area (Å²) >= 11 is 0. The van der Waals surface area contributed by atoms with Crippen molar-refractivity contribution in [3.05, 3.63) is 36.0 Å². The van der Waals surface area contributed by atoms with E-state index in [0.717, 1.165) is 0 Å². The van der Waals surface area contributed by atoms with Crippen molar-refractivity contribution in [3.8, 4) is 0 Å². The van der Waals surface area contributed by atoms with Gasteiger partial charge in [-0.25, -0.2) is 0 Å². The van der Waals surface area contributed by atoms with Crippen LogP contribution in [0.3, 0.4) is 0 Å². The van der Waals surface area contributed by atoms with Crippen LogP contribution in [0.25, 0.3) is 0 Å². The summed E-state index contributed by atoms with van der Waals surface area (Å²) in [7, 11) is 0. The van der Waals surface area contributed by atoms with Crippen LogP contribution in [0.5, 0.6) is 0 Å². The maximum Gasteiger partial charge on any atom is 0.00120 e. The van der Waals surface area contributed by atoms with E-state index in [2.05, 4.69) is 40.0 Å². The normalized spacial score (nSPS) is 38.9. The van der Waals surface area contributed by atoms with Crippen LogP contribution in [0.1, 0.15) is 46.5 Å². The minimum absolute atomic E-state index is 0.367. The zero-order valence-corrected chi connectivity index (χ0v) is 11.0. The summed E-state index contributed by atoms with van der Waals surface area (Å²) in [5.41, 5.74) is 4.78. The summed E-state index contributed by atoms with van der Waals surface area (Å²) in [5, 5.41) is 0. The van der Waals surface area contributed by atoms with E-state index < -0.39 is 0 Å². The maximum absolute atomic E-state index is 4.37. The first-order chi connectivity index (χ1) is 7.47. The first-order valence-electron chi connectivity index (χ1n) is 6.47. The quantitative estimate of drug-likeness (QED) is 0.547. The second-order valence-corrected chi connectivity index (χ2v) is 5.92. The van der Waals surface area contributed by atoms with Gasteiger partial charge in [0.05, 0.1) is 0 Å². The van der Waals surface area contributed by atoms with E-state index in [1.54, 1.807) is 5.57 Å². The molecule has 1 fully saturated rings. The van der Waals surface area contributed by atoms with Crippen LogP contribution in [-0.2, 0) is 0 Å². The highest BCUT2D eigenvalue weighted by Gasteiger charge is 2.45. The van der Waals surface area contributed by atoms with Gasteiger partial charge in [-0.3, -0.25) is 0 Å². The molecule has 88 valence electrons. The Kier molecular flexibility index (Phi) is 2.86. The highest BCUT2D eigenvalue weighted by Crippen LogP contribution is 2.56. The molecule has 0 bridgehead atoms. The molecule has 0 radical (unpaired) electrons. The Morgan fingerprint density at radius 2 is 2.19 bits per heavy atom. The molecule has 16 heavy (non-hydrogen) atoms. The zero-order chi connectivity index (χ0) is 11.9. The molecular weight excluding hydrogens is 192 g/mol. The fourth-order valence-electron chi connectivity index (χ4n) is 3.55. The summed E-state index contributed by atoms with van der Waals surface area (Å²) < 4.78 is 0. The molecule has 0 heteroatoms. The molecule has 0 aromatic rings. The van der Waals surface area contributed by atoms with Gasteiger partial charge in [-0.15, -0.1) is 0 Å². The largest absolute Gasteiger partial charge is 0.0999 e. The summed E-state index contributed by atoms with van der Waals surface area (Å²) in [6.07, 6.45) is 7.38. The van der Waals surface area contributed by atoms with Gasteiger partial charge in [-0.2, -0.15) is 0 Å². The molecule has 2 aliphatic rings. The van der Waals surface area contributed by atoms with Crippen LogP contribution in [0.4, 0.5) is 0 Å². The molecule has 1 spiro atoms. The topological polar surface area (TPSA) is 0 Å². The number of hydrogen-bond donors (Lipinski definition) is 0. The van der Waals surface area contributed by atoms with Crippen molar-refractivity contribution in [2.24, 2.45) is 17.3 Å². The predicted octanol–water partition coefficient (Wildman–Crippen LogP) is 4.89. The van der Waals surface area contributed by atoms with Gasteiger partial charge in [0.1, 0.15) is 0 Å². The first-order valence-corrected chi connectivity index (χ1v) is 6.47. The third-order valence-electron chi connectivity index (χ3n) is 5.11. The second-order valence-electron chi connectivity index (χ2n) is 5.92. The van der Waals surface area contributed by atoms with Crippen LogP contribution in [0.2, 0.25) is 0 Å².